The van der Waals surface area contributed by atoms with Crippen LogP contribution in [0, 0.1) is 5.92 Å². The molecule has 1 amide bonds. The summed E-state index contributed by atoms with van der Waals surface area (Å²) in [6.07, 6.45) is 6.54. The predicted octanol–water partition coefficient (Wildman–Crippen LogP) is 6.07. The molecule has 1 aliphatic rings. The van der Waals surface area contributed by atoms with Crippen LogP contribution in [0.15, 0.2) is 39.3 Å². The Bertz CT molecular complexity index is 975. The first-order valence-electron chi connectivity index (χ1n) is 10.7. The Hall–Kier alpha value is -1.90. The van der Waals surface area contributed by atoms with Crippen LogP contribution in [-0.2, 0) is 11.3 Å². The fourth-order valence-electron chi connectivity index (χ4n) is 3.94. The molecule has 0 saturated heterocycles. The van der Waals surface area contributed by atoms with Crippen LogP contribution in [0.5, 0.6) is 11.5 Å². The van der Waals surface area contributed by atoms with Crippen LogP contribution in [0.3, 0.4) is 0 Å². The van der Waals surface area contributed by atoms with E-state index in [-0.39, 0.29) is 11.7 Å². The molecule has 0 spiro atoms. The molecule has 2 N–H and O–H groups in total. The second kappa shape index (κ2) is 11.8. The zero-order valence-electron chi connectivity index (χ0n) is 18.3. The molecule has 0 atom stereocenters. The van der Waals surface area contributed by atoms with E-state index in [4.69, 9.17) is 9.47 Å². The molecule has 32 heavy (non-hydrogen) atoms. The molecule has 2 aromatic carbocycles. The van der Waals surface area contributed by atoms with Gasteiger partial charge < -0.3 is 20.1 Å². The van der Waals surface area contributed by atoms with E-state index in [1.807, 2.05) is 12.1 Å². The van der Waals surface area contributed by atoms with E-state index >= 15 is 0 Å². The number of carbonyl (C=O) groups excluding carboxylic acids is 2. The Morgan fingerprint density at radius 2 is 1.81 bits per heavy atom. The molecule has 0 unspecified atom stereocenters. The minimum absolute atomic E-state index is 0.272. The molecule has 1 aliphatic carbocycles. The molecule has 1 fully saturated rings. The SMILES string of the molecule is COc1cc(C(=O)Nc2c(Br)cc(Br)cc2CNCC2CCCCC2)ccc1OC(C)=O. The molecular formula is C24H28Br2N2O4. The quantitative estimate of drug-likeness (QED) is 0.299. The van der Waals surface area contributed by atoms with Crippen molar-refractivity contribution in [2.45, 2.75) is 45.6 Å². The summed E-state index contributed by atoms with van der Waals surface area (Å²) >= 11 is 7.12. The van der Waals surface area contributed by atoms with Crippen LogP contribution in [-0.4, -0.2) is 25.5 Å². The summed E-state index contributed by atoms with van der Waals surface area (Å²) < 4.78 is 12.1. The first-order valence-corrected chi connectivity index (χ1v) is 12.3. The van der Waals surface area contributed by atoms with Gasteiger partial charge in [0.05, 0.1) is 12.8 Å². The molecule has 0 aliphatic heterocycles. The third-order valence-corrected chi connectivity index (χ3v) is 6.61. The molecule has 2 aromatic rings. The standard InChI is InChI=1S/C24H28Br2N2O4/c1-15(29)32-21-9-8-17(11-22(21)31-2)24(30)28-23-18(10-19(25)12-20(23)26)14-27-13-16-6-4-3-5-7-16/h8-12,16,27H,3-7,13-14H2,1-2H3,(H,28,30). The molecular weight excluding hydrogens is 540 g/mol. The van der Waals surface area contributed by atoms with Crippen LogP contribution in [0.4, 0.5) is 5.69 Å². The number of anilines is 1. The maximum atomic E-state index is 13.0. The molecule has 6 nitrogen and oxygen atoms in total. The summed E-state index contributed by atoms with van der Waals surface area (Å²) in [5.41, 5.74) is 2.10. The number of esters is 1. The van der Waals surface area contributed by atoms with Gasteiger partial charge in [-0.2, -0.15) is 0 Å². The predicted molar refractivity (Wildman–Crippen MR) is 132 cm³/mol. The monoisotopic (exact) mass is 566 g/mol. The Kier molecular flexibility index (Phi) is 9.13. The molecule has 1 saturated carbocycles. The van der Waals surface area contributed by atoms with Gasteiger partial charge in [0, 0.05) is 28.0 Å². The number of methoxy groups -OCH3 is 1. The van der Waals surface area contributed by atoms with Gasteiger partial charge in [0.15, 0.2) is 11.5 Å². The van der Waals surface area contributed by atoms with E-state index in [1.54, 1.807) is 18.2 Å². The van der Waals surface area contributed by atoms with E-state index in [0.29, 0.717) is 17.9 Å². The summed E-state index contributed by atoms with van der Waals surface area (Å²) in [5.74, 6) is 0.575. The van der Waals surface area contributed by atoms with Crippen LogP contribution < -0.4 is 20.1 Å². The Morgan fingerprint density at radius 3 is 2.50 bits per heavy atom. The highest BCUT2D eigenvalue weighted by atomic mass is 79.9. The third kappa shape index (κ3) is 6.80. The van der Waals surface area contributed by atoms with Gasteiger partial charge in [-0.1, -0.05) is 35.2 Å². The highest BCUT2D eigenvalue weighted by Crippen LogP contribution is 2.33. The number of amides is 1. The maximum absolute atomic E-state index is 13.0. The number of carbonyl (C=O) groups is 2. The molecule has 0 heterocycles. The van der Waals surface area contributed by atoms with Crippen molar-refractivity contribution in [1.82, 2.24) is 5.32 Å². The van der Waals surface area contributed by atoms with Crippen LogP contribution in [0.2, 0.25) is 0 Å². The van der Waals surface area contributed by atoms with Crippen molar-refractivity contribution in [3.63, 3.8) is 0 Å². The Morgan fingerprint density at radius 1 is 1.06 bits per heavy atom. The van der Waals surface area contributed by atoms with E-state index in [9.17, 15) is 9.59 Å². The van der Waals surface area contributed by atoms with Crippen molar-refractivity contribution in [3.05, 3.63) is 50.4 Å². The van der Waals surface area contributed by atoms with E-state index < -0.39 is 5.97 Å². The number of nitrogens with one attached hydrogen (secondary N) is 2. The largest absolute Gasteiger partial charge is 0.493 e. The van der Waals surface area contributed by atoms with Crippen molar-refractivity contribution in [3.8, 4) is 11.5 Å². The normalized spacial score (nSPS) is 14.1. The molecule has 3 rings (SSSR count). The van der Waals surface area contributed by atoms with Crippen molar-refractivity contribution in [1.29, 1.82) is 0 Å². The number of rotatable bonds is 8. The summed E-state index contributed by atoms with van der Waals surface area (Å²) in [6.45, 7) is 2.94. The summed E-state index contributed by atoms with van der Waals surface area (Å²) in [6, 6.07) is 8.63. The minimum atomic E-state index is -0.454. The number of halogens is 2. The average Bonchev–Trinajstić information content (AvgIpc) is 2.76. The maximum Gasteiger partial charge on any atom is 0.308 e. The third-order valence-electron chi connectivity index (χ3n) is 5.53. The highest BCUT2D eigenvalue weighted by Gasteiger charge is 2.17. The first kappa shape index (κ1) is 24.7. The van der Waals surface area contributed by atoms with Crippen LogP contribution in [0.25, 0.3) is 0 Å². The fourth-order valence-corrected chi connectivity index (χ4v) is 5.36. The van der Waals surface area contributed by atoms with Gasteiger partial charge in [0.1, 0.15) is 0 Å². The second-order valence-electron chi connectivity index (χ2n) is 7.97. The highest BCUT2D eigenvalue weighted by molar-refractivity contribution is 9.11. The van der Waals surface area contributed by atoms with Gasteiger partial charge in [-0.3, -0.25) is 9.59 Å². The van der Waals surface area contributed by atoms with Crippen molar-refractivity contribution >= 4 is 49.4 Å². The second-order valence-corrected chi connectivity index (χ2v) is 9.74. The summed E-state index contributed by atoms with van der Waals surface area (Å²) in [7, 11) is 1.46. The van der Waals surface area contributed by atoms with E-state index in [2.05, 4.69) is 42.5 Å². The van der Waals surface area contributed by atoms with Crippen molar-refractivity contribution < 1.29 is 19.1 Å². The summed E-state index contributed by atoms with van der Waals surface area (Å²) in [5, 5.41) is 6.57. The van der Waals surface area contributed by atoms with Crippen molar-refractivity contribution in [2.24, 2.45) is 5.92 Å². The molecule has 0 bridgehead atoms. The zero-order valence-corrected chi connectivity index (χ0v) is 21.5. The van der Waals surface area contributed by atoms with E-state index in [0.717, 1.165) is 32.7 Å². The average molecular weight is 568 g/mol. The van der Waals surface area contributed by atoms with E-state index in [1.165, 1.54) is 46.1 Å². The lowest BCUT2D eigenvalue weighted by molar-refractivity contribution is -0.132. The smallest absolute Gasteiger partial charge is 0.308 e. The molecule has 0 radical (unpaired) electrons. The fraction of sp³-hybridized carbons (Fsp3) is 0.417. The molecule has 8 heteroatoms. The molecule has 172 valence electrons. The van der Waals surface area contributed by atoms with Crippen LogP contribution in [0.1, 0.15) is 54.9 Å². The van der Waals surface area contributed by atoms with Gasteiger partial charge in [-0.25, -0.2) is 0 Å². The lowest BCUT2D eigenvalue weighted by atomic mass is 9.89. The minimum Gasteiger partial charge on any atom is -0.493 e. The summed E-state index contributed by atoms with van der Waals surface area (Å²) in [4.78, 5) is 24.3. The van der Waals surface area contributed by atoms with Gasteiger partial charge in [0.2, 0.25) is 0 Å². The van der Waals surface area contributed by atoms with Gasteiger partial charge in [0.25, 0.3) is 5.91 Å². The number of hydrogen-bond donors (Lipinski definition) is 2. The van der Waals surface area contributed by atoms with Crippen LogP contribution >= 0.6 is 31.9 Å². The topological polar surface area (TPSA) is 76.7 Å². The zero-order chi connectivity index (χ0) is 23.1. The van der Waals surface area contributed by atoms with Gasteiger partial charge in [-0.05, 0) is 77.1 Å². The lowest BCUT2D eigenvalue weighted by Crippen LogP contribution is -2.25. The Balaban J connectivity index is 1.74. The van der Waals surface area contributed by atoms with Crippen molar-refractivity contribution in [2.75, 3.05) is 19.0 Å². The Labute approximate surface area is 205 Å². The number of hydrogen-bond acceptors (Lipinski definition) is 5. The number of benzene rings is 2. The first-order chi connectivity index (χ1) is 15.4. The van der Waals surface area contributed by atoms with Gasteiger partial charge in [-0.15, -0.1) is 0 Å². The van der Waals surface area contributed by atoms with Gasteiger partial charge >= 0.3 is 5.97 Å². The number of ether oxygens (including phenoxy) is 2. The molecule has 0 aromatic heterocycles. The lowest BCUT2D eigenvalue weighted by Gasteiger charge is -2.22.